The van der Waals surface area contributed by atoms with Crippen LogP contribution in [0.4, 0.5) is 17.6 Å². The van der Waals surface area contributed by atoms with E-state index >= 15 is 0 Å². The number of nitrogens with zero attached hydrogens (tertiary/aromatic N) is 2. The molecule has 0 bridgehead atoms. The zero-order valence-electron chi connectivity index (χ0n) is 16.3. The summed E-state index contributed by atoms with van der Waals surface area (Å²) >= 11 is 0.818. The summed E-state index contributed by atoms with van der Waals surface area (Å²) in [7, 11) is -4.50. The molecule has 2 heterocycles. The van der Waals surface area contributed by atoms with Crippen molar-refractivity contribution in [2.24, 2.45) is 4.40 Å². The number of sulfonamides is 1. The highest BCUT2D eigenvalue weighted by Gasteiger charge is 2.38. The third kappa shape index (κ3) is 4.18. The van der Waals surface area contributed by atoms with E-state index in [0.717, 1.165) is 28.6 Å². The Balaban J connectivity index is 1.81. The Kier molecular flexibility index (Phi) is 5.43. The summed E-state index contributed by atoms with van der Waals surface area (Å²) < 4.78 is 84.3. The molecule has 0 amide bonds. The van der Waals surface area contributed by atoms with Gasteiger partial charge < -0.3 is 0 Å². The fraction of sp³-hybridized carbons (Fsp3) is 0.0952. The average Bonchev–Trinajstić information content (AvgIpc) is 3.05. The number of allylic oxidation sites excluding steroid dienone is 8. The maximum absolute atomic E-state index is 13.7. The molecule has 0 radical (unpaired) electrons. The highest BCUT2D eigenvalue weighted by atomic mass is 32.2. The van der Waals surface area contributed by atoms with E-state index in [4.69, 9.17) is 0 Å². The molecule has 0 unspecified atom stereocenters. The largest absolute Gasteiger partial charge is 0.418 e. The van der Waals surface area contributed by atoms with Crippen LogP contribution in [-0.4, -0.2) is 30.6 Å². The number of rotatable bonds is 2. The molecule has 32 heavy (non-hydrogen) atoms. The Morgan fingerprint density at radius 1 is 1.06 bits per heavy atom. The minimum atomic E-state index is -4.87. The van der Waals surface area contributed by atoms with E-state index in [-0.39, 0.29) is 15.3 Å². The summed E-state index contributed by atoms with van der Waals surface area (Å²) in [5, 5.41) is 10.4. The first-order chi connectivity index (χ1) is 15.0. The van der Waals surface area contributed by atoms with Crippen molar-refractivity contribution in [2.45, 2.75) is 17.3 Å². The normalized spacial score (nSPS) is 18.2. The molecule has 0 saturated carbocycles. The standard InChI is InChI=1S/C21H14F4N2O3S2/c1-12-16-11-15(22)3-5-19(16)31-20(12)32(29,30)26-18-4-2-14(10-17(18)21(23,24)25)13-6-8-27(28)9-7-13/h2-11,28H,1H3/b26-18+. The van der Waals surface area contributed by atoms with Crippen molar-refractivity contribution in [3.63, 3.8) is 0 Å². The van der Waals surface area contributed by atoms with Crippen molar-refractivity contribution in [3.8, 4) is 0 Å². The second-order valence-corrected chi connectivity index (χ2v) is 9.77. The Morgan fingerprint density at radius 2 is 1.75 bits per heavy atom. The van der Waals surface area contributed by atoms with Gasteiger partial charge in [-0.05, 0) is 71.5 Å². The number of hydrogen-bond acceptors (Lipinski definition) is 5. The molecule has 0 spiro atoms. The molecule has 1 aromatic heterocycles. The number of hydrogen-bond donors (Lipinski definition) is 1. The first-order valence-corrected chi connectivity index (χ1v) is 11.3. The van der Waals surface area contributed by atoms with Crippen LogP contribution >= 0.6 is 11.3 Å². The van der Waals surface area contributed by atoms with Crippen molar-refractivity contribution in [1.29, 1.82) is 0 Å². The van der Waals surface area contributed by atoms with Crippen LogP contribution in [0.15, 0.2) is 86.3 Å². The van der Waals surface area contributed by atoms with E-state index in [0.29, 0.717) is 15.7 Å². The van der Waals surface area contributed by atoms with Crippen LogP contribution in [0.2, 0.25) is 0 Å². The van der Waals surface area contributed by atoms with Crippen LogP contribution < -0.4 is 0 Å². The monoisotopic (exact) mass is 482 g/mol. The molecule has 4 rings (SSSR count). The van der Waals surface area contributed by atoms with Crippen molar-refractivity contribution in [3.05, 3.63) is 89.1 Å². The minimum Gasteiger partial charge on any atom is -0.285 e. The molecule has 1 aromatic carbocycles. The molecule has 1 N–H and O–H groups in total. The van der Waals surface area contributed by atoms with Crippen molar-refractivity contribution in [2.75, 3.05) is 0 Å². The predicted molar refractivity (Wildman–Crippen MR) is 113 cm³/mol. The SMILES string of the molecule is Cc1c(S(=O)(=O)/N=C2\C=CC(=C3C=CN(O)C=C3)C=C2C(F)(F)F)sc2ccc(F)cc12. The molecule has 1 aliphatic heterocycles. The highest BCUT2D eigenvalue weighted by molar-refractivity contribution is 7.92. The molecule has 0 saturated heterocycles. The first kappa shape index (κ1) is 22.2. The van der Waals surface area contributed by atoms with Gasteiger partial charge in [-0.2, -0.15) is 26.0 Å². The van der Waals surface area contributed by atoms with E-state index in [9.17, 15) is 31.2 Å². The summed E-state index contributed by atoms with van der Waals surface area (Å²) in [6, 6.07) is 3.76. The Labute approximate surface area is 184 Å². The van der Waals surface area contributed by atoms with Gasteiger partial charge in [-0.15, -0.1) is 11.3 Å². The molecular weight excluding hydrogens is 468 g/mol. The molecule has 11 heteroatoms. The zero-order valence-corrected chi connectivity index (χ0v) is 17.9. The molecule has 5 nitrogen and oxygen atoms in total. The number of aryl methyl sites for hydroxylation is 1. The van der Waals surface area contributed by atoms with Gasteiger partial charge in [0, 0.05) is 17.1 Å². The van der Waals surface area contributed by atoms with Gasteiger partial charge in [0.05, 0.1) is 11.3 Å². The topological polar surface area (TPSA) is 70.0 Å². The third-order valence-corrected chi connectivity index (χ3v) is 7.92. The maximum Gasteiger partial charge on any atom is 0.418 e. The van der Waals surface area contributed by atoms with Crippen molar-refractivity contribution < 1.29 is 31.2 Å². The number of halogens is 4. The van der Waals surface area contributed by atoms with Gasteiger partial charge in [-0.25, -0.2) is 9.45 Å². The lowest BCUT2D eigenvalue weighted by Gasteiger charge is -2.18. The van der Waals surface area contributed by atoms with E-state index in [1.54, 1.807) is 0 Å². The lowest BCUT2D eigenvalue weighted by Crippen LogP contribution is -2.22. The molecule has 0 fully saturated rings. The molecule has 0 atom stereocenters. The van der Waals surface area contributed by atoms with Gasteiger partial charge in [-0.3, -0.25) is 5.21 Å². The fourth-order valence-corrected chi connectivity index (χ4v) is 5.94. The fourth-order valence-electron chi connectivity index (χ4n) is 3.22. The third-order valence-electron chi connectivity index (χ3n) is 4.76. The Hall–Kier alpha value is -3.02. The van der Waals surface area contributed by atoms with Gasteiger partial charge in [0.15, 0.2) is 0 Å². The molecular formula is C21H14F4N2O3S2. The maximum atomic E-state index is 13.7. The quantitative estimate of drug-likeness (QED) is 0.569. The lowest BCUT2D eigenvalue weighted by molar-refractivity contribution is -0.0860. The van der Waals surface area contributed by atoms with E-state index in [2.05, 4.69) is 4.40 Å². The Morgan fingerprint density at radius 3 is 2.41 bits per heavy atom. The van der Waals surface area contributed by atoms with Crippen LogP contribution in [0.25, 0.3) is 10.1 Å². The van der Waals surface area contributed by atoms with Crippen LogP contribution in [0.3, 0.4) is 0 Å². The summed E-state index contributed by atoms with van der Waals surface area (Å²) in [6.45, 7) is 1.46. The van der Waals surface area contributed by atoms with Gasteiger partial charge in [0.1, 0.15) is 10.0 Å². The van der Waals surface area contributed by atoms with E-state index in [1.165, 1.54) is 55.8 Å². The summed E-state index contributed by atoms with van der Waals surface area (Å²) in [6.07, 6.45) is 3.54. The van der Waals surface area contributed by atoms with Crippen LogP contribution in [0.5, 0.6) is 0 Å². The predicted octanol–water partition coefficient (Wildman–Crippen LogP) is 5.57. The van der Waals surface area contributed by atoms with E-state index in [1.807, 2.05) is 0 Å². The number of thiophene rings is 1. The Bertz CT molecular complexity index is 1390. The highest BCUT2D eigenvalue weighted by Crippen LogP contribution is 2.37. The minimum absolute atomic E-state index is 0.169. The van der Waals surface area contributed by atoms with Crippen LogP contribution in [-0.2, 0) is 10.0 Å². The number of alkyl halides is 3. The lowest BCUT2D eigenvalue weighted by atomic mass is 9.95. The van der Waals surface area contributed by atoms with Gasteiger partial charge in [-0.1, -0.05) is 6.08 Å². The second-order valence-electron chi connectivity index (χ2n) is 6.92. The average molecular weight is 482 g/mol. The number of benzene rings is 1. The van der Waals surface area contributed by atoms with Crippen LogP contribution in [0, 0.1) is 12.7 Å². The van der Waals surface area contributed by atoms with Crippen molar-refractivity contribution >= 4 is 37.2 Å². The first-order valence-electron chi connectivity index (χ1n) is 9.04. The number of fused-ring (bicyclic) bond motifs is 1. The summed E-state index contributed by atoms with van der Waals surface area (Å²) in [5.41, 5.74) is -1.19. The van der Waals surface area contributed by atoms with Crippen molar-refractivity contribution in [1.82, 2.24) is 5.06 Å². The van der Waals surface area contributed by atoms with Crippen LogP contribution in [0.1, 0.15) is 5.56 Å². The number of hydroxylamine groups is 2. The zero-order chi connectivity index (χ0) is 23.3. The summed E-state index contributed by atoms with van der Waals surface area (Å²) in [4.78, 5) is 0. The smallest absolute Gasteiger partial charge is 0.285 e. The van der Waals surface area contributed by atoms with Gasteiger partial charge >= 0.3 is 6.18 Å². The molecule has 2 aliphatic rings. The van der Waals surface area contributed by atoms with Gasteiger partial charge in [0.25, 0.3) is 10.0 Å². The molecule has 2 aromatic rings. The molecule has 1 aliphatic carbocycles. The molecule has 166 valence electrons. The second kappa shape index (κ2) is 7.84. The van der Waals surface area contributed by atoms with E-state index < -0.39 is 33.3 Å². The van der Waals surface area contributed by atoms with Gasteiger partial charge in [0.2, 0.25) is 0 Å². The summed E-state index contributed by atoms with van der Waals surface area (Å²) in [5.74, 6) is -0.554.